The second-order valence-electron chi connectivity index (χ2n) is 13.5. The van der Waals surface area contributed by atoms with Gasteiger partial charge in [-0.2, -0.15) is 9.97 Å². The first kappa shape index (κ1) is 29.1. The molecule has 0 saturated carbocycles. The predicted octanol–water partition coefficient (Wildman–Crippen LogP) is 5.70. The highest BCUT2D eigenvalue weighted by Gasteiger charge is 2.47. The van der Waals surface area contributed by atoms with Gasteiger partial charge in [-0.05, 0) is 68.7 Å². The first-order valence-corrected chi connectivity index (χ1v) is 16.1. The standard InChI is InChI=1S/C36H36F2N6O2/c1-4-25-28(37)8-7-22-13-24(45)14-26(29(22)25)31-30(38)32-27(16-39-31)33(43-18-23-9-11-35(5-2,19-43)42-23)41-34(40-32)46-20-36-10-6-12-44(36)17-21(3)15-36/h1,7-8,13-14,16,23,42,45H,3,5-6,9-12,15,17-20H2,2H3/t23?,35?,36-/m0/s1. The number of rotatable bonds is 6. The molecule has 0 aliphatic carbocycles. The summed E-state index contributed by atoms with van der Waals surface area (Å²) in [6, 6.07) is 5.97. The number of hydrogen-bond donors (Lipinski definition) is 2. The third kappa shape index (κ3) is 4.51. The smallest absolute Gasteiger partial charge is 0.319 e. The van der Waals surface area contributed by atoms with Crippen molar-refractivity contribution in [1.82, 2.24) is 25.2 Å². The molecule has 8 nitrogen and oxygen atoms in total. The van der Waals surface area contributed by atoms with Crippen molar-refractivity contribution in [3.8, 4) is 35.4 Å². The lowest BCUT2D eigenvalue weighted by molar-refractivity contribution is 0.108. The molecule has 3 atom stereocenters. The number of hydrogen-bond acceptors (Lipinski definition) is 8. The Morgan fingerprint density at radius 1 is 1.24 bits per heavy atom. The van der Waals surface area contributed by atoms with Crippen molar-refractivity contribution in [1.29, 1.82) is 0 Å². The van der Waals surface area contributed by atoms with Gasteiger partial charge in [0, 0.05) is 48.4 Å². The van der Waals surface area contributed by atoms with Crippen molar-refractivity contribution in [3.63, 3.8) is 0 Å². The van der Waals surface area contributed by atoms with Gasteiger partial charge in [-0.25, -0.2) is 8.78 Å². The van der Waals surface area contributed by atoms with E-state index >= 15 is 4.39 Å². The Balaban J connectivity index is 1.29. The van der Waals surface area contributed by atoms with Gasteiger partial charge in [-0.3, -0.25) is 9.88 Å². The molecule has 6 heterocycles. The number of nitrogens with zero attached hydrogens (tertiary/aromatic N) is 5. The summed E-state index contributed by atoms with van der Waals surface area (Å²) in [7, 11) is 0. The van der Waals surface area contributed by atoms with Crippen LogP contribution >= 0.6 is 0 Å². The Hall–Kier alpha value is -4.33. The molecule has 0 amide bonds. The number of nitrogens with one attached hydrogen (secondary N) is 1. The van der Waals surface area contributed by atoms with Gasteiger partial charge in [0.05, 0.1) is 16.5 Å². The van der Waals surface area contributed by atoms with Crippen LogP contribution in [0.5, 0.6) is 11.8 Å². The summed E-state index contributed by atoms with van der Waals surface area (Å²) in [6.45, 7) is 10.1. The Bertz CT molecular complexity index is 1980. The Morgan fingerprint density at radius 3 is 2.93 bits per heavy atom. The first-order chi connectivity index (χ1) is 22.2. The first-order valence-electron chi connectivity index (χ1n) is 16.1. The summed E-state index contributed by atoms with van der Waals surface area (Å²) >= 11 is 0. The third-order valence-electron chi connectivity index (χ3n) is 10.7. The van der Waals surface area contributed by atoms with E-state index in [2.05, 4.69) is 44.5 Å². The number of anilines is 1. The van der Waals surface area contributed by atoms with E-state index in [-0.39, 0.29) is 45.2 Å². The number of phenolic OH excluding ortho intramolecular Hbond substituents is 1. The Labute approximate surface area is 266 Å². The van der Waals surface area contributed by atoms with Crippen LogP contribution in [0.2, 0.25) is 0 Å². The van der Waals surface area contributed by atoms with Crippen LogP contribution in [0.4, 0.5) is 14.6 Å². The highest BCUT2D eigenvalue weighted by Crippen LogP contribution is 2.43. The molecule has 2 aromatic carbocycles. The van der Waals surface area contributed by atoms with Gasteiger partial charge in [0.2, 0.25) is 0 Å². The fourth-order valence-corrected chi connectivity index (χ4v) is 8.45. The average molecular weight is 623 g/mol. The second kappa shape index (κ2) is 10.6. The molecule has 2 bridgehead atoms. The molecule has 2 aromatic heterocycles. The van der Waals surface area contributed by atoms with Crippen molar-refractivity contribution in [2.75, 3.05) is 37.7 Å². The summed E-state index contributed by atoms with van der Waals surface area (Å²) in [6.07, 6.45) is 13.3. The van der Waals surface area contributed by atoms with E-state index in [4.69, 9.17) is 16.1 Å². The number of halogens is 2. The van der Waals surface area contributed by atoms with Gasteiger partial charge >= 0.3 is 6.01 Å². The molecule has 236 valence electrons. The lowest BCUT2D eigenvalue weighted by Gasteiger charge is -2.42. The number of terminal acetylenes is 1. The molecule has 4 aromatic rings. The molecule has 2 N–H and O–H groups in total. The molecule has 4 fully saturated rings. The van der Waals surface area contributed by atoms with Gasteiger partial charge < -0.3 is 20.1 Å². The number of benzene rings is 2. The fourth-order valence-electron chi connectivity index (χ4n) is 8.45. The maximum absolute atomic E-state index is 16.9. The summed E-state index contributed by atoms with van der Waals surface area (Å²) in [5, 5.41) is 15.6. The number of aromatic hydroxyl groups is 1. The molecule has 4 aliphatic rings. The summed E-state index contributed by atoms with van der Waals surface area (Å²) in [4.78, 5) is 18.8. The van der Waals surface area contributed by atoms with Crippen LogP contribution in [-0.4, -0.2) is 74.9 Å². The van der Waals surface area contributed by atoms with Crippen LogP contribution < -0.4 is 15.0 Å². The minimum absolute atomic E-state index is 0.0270. The average Bonchev–Trinajstić information content (AvgIpc) is 3.68. The third-order valence-corrected chi connectivity index (χ3v) is 10.7. The molecule has 0 radical (unpaired) electrons. The number of aromatic nitrogens is 3. The second-order valence-corrected chi connectivity index (χ2v) is 13.5. The fraction of sp³-hybridized carbons (Fsp3) is 0.417. The van der Waals surface area contributed by atoms with E-state index in [9.17, 15) is 9.50 Å². The van der Waals surface area contributed by atoms with Gasteiger partial charge in [-0.1, -0.05) is 31.1 Å². The molecule has 4 aliphatic heterocycles. The van der Waals surface area contributed by atoms with Gasteiger partial charge in [0.1, 0.15) is 35.2 Å². The van der Waals surface area contributed by atoms with E-state index in [1.807, 2.05) is 0 Å². The lowest BCUT2D eigenvalue weighted by atomic mass is 9.93. The van der Waals surface area contributed by atoms with Crippen LogP contribution in [0.15, 0.2) is 42.6 Å². The number of piperazine rings is 1. The van der Waals surface area contributed by atoms with E-state index in [0.717, 1.165) is 58.2 Å². The zero-order chi connectivity index (χ0) is 31.8. The number of ether oxygens (including phenoxy) is 1. The molecule has 2 unspecified atom stereocenters. The van der Waals surface area contributed by atoms with Crippen molar-refractivity contribution >= 4 is 27.5 Å². The minimum atomic E-state index is -0.719. The van der Waals surface area contributed by atoms with E-state index in [1.165, 1.54) is 29.8 Å². The normalized spacial score (nSPS) is 25.8. The SMILES string of the molecule is C#Cc1c(F)ccc2cc(O)cc(-c3ncc4c(N5CC6CCC(CC)(C5)N6)nc(OC[C@@]56CCCN5CC(=C)C6)nc4c3F)c12. The highest BCUT2D eigenvalue weighted by molar-refractivity contribution is 6.03. The molecular weight excluding hydrogens is 586 g/mol. The topological polar surface area (TPSA) is 86.6 Å². The molecular formula is C36H36F2N6O2. The zero-order valence-electron chi connectivity index (χ0n) is 25.9. The van der Waals surface area contributed by atoms with Crippen LogP contribution in [0.3, 0.4) is 0 Å². The molecule has 0 spiro atoms. The van der Waals surface area contributed by atoms with Crippen molar-refractivity contribution < 1.29 is 18.6 Å². The van der Waals surface area contributed by atoms with E-state index in [0.29, 0.717) is 41.2 Å². The minimum Gasteiger partial charge on any atom is -0.508 e. The lowest BCUT2D eigenvalue weighted by Crippen LogP contribution is -2.59. The quantitative estimate of drug-likeness (QED) is 0.209. The van der Waals surface area contributed by atoms with Crippen molar-refractivity contribution in [2.45, 2.75) is 62.6 Å². The van der Waals surface area contributed by atoms with Gasteiger partial charge in [-0.15, -0.1) is 6.42 Å². The van der Waals surface area contributed by atoms with Crippen LogP contribution in [-0.2, 0) is 0 Å². The largest absolute Gasteiger partial charge is 0.508 e. The van der Waals surface area contributed by atoms with Gasteiger partial charge in [0.15, 0.2) is 5.82 Å². The maximum atomic E-state index is 16.9. The maximum Gasteiger partial charge on any atom is 0.319 e. The van der Waals surface area contributed by atoms with Crippen molar-refractivity contribution in [2.24, 2.45) is 0 Å². The van der Waals surface area contributed by atoms with E-state index < -0.39 is 11.6 Å². The van der Waals surface area contributed by atoms with E-state index in [1.54, 1.807) is 6.20 Å². The Kier molecular flexibility index (Phi) is 6.71. The Morgan fingerprint density at radius 2 is 2.11 bits per heavy atom. The highest BCUT2D eigenvalue weighted by atomic mass is 19.1. The molecule has 10 heteroatoms. The number of phenols is 1. The monoisotopic (exact) mass is 622 g/mol. The van der Waals surface area contributed by atoms with Crippen LogP contribution in [0, 0.1) is 24.0 Å². The summed E-state index contributed by atoms with van der Waals surface area (Å²) in [5.41, 5.74) is 1.09. The molecule has 8 rings (SSSR count). The summed E-state index contributed by atoms with van der Waals surface area (Å²) < 4.78 is 38.2. The number of pyridine rings is 1. The summed E-state index contributed by atoms with van der Waals surface area (Å²) in [5.74, 6) is 1.53. The van der Waals surface area contributed by atoms with Crippen LogP contribution in [0.25, 0.3) is 32.9 Å². The van der Waals surface area contributed by atoms with Crippen LogP contribution in [0.1, 0.15) is 51.0 Å². The zero-order valence-corrected chi connectivity index (χ0v) is 25.9. The number of fused-ring (bicyclic) bond motifs is 5. The van der Waals surface area contributed by atoms with Gasteiger partial charge in [0.25, 0.3) is 0 Å². The molecule has 4 saturated heterocycles. The predicted molar refractivity (Wildman–Crippen MR) is 174 cm³/mol. The van der Waals surface area contributed by atoms with Crippen molar-refractivity contribution in [3.05, 3.63) is 59.8 Å². The molecule has 46 heavy (non-hydrogen) atoms.